The van der Waals surface area contributed by atoms with Gasteiger partial charge in [-0.2, -0.15) is 15.6 Å². The molecule has 0 aliphatic carbocycles. The summed E-state index contributed by atoms with van der Waals surface area (Å²) in [5.74, 6) is 3.61. The summed E-state index contributed by atoms with van der Waals surface area (Å²) in [4.78, 5) is 26.8. The van der Waals surface area contributed by atoms with E-state index in [4.69, 9.17) is 15.7 Å². The van der Waals surface area contributed by atoms with Gasteiger partial charge in [-0.1, -0.05) is 15.9 Å². The van der Waals surface area contributed by atoms with Gasteiger partial charge < -0.3 is 25.7 Å². The zero-order chi connectivity index (χ0) is 29.9. The predicted molar refractivity (Wildman–Crippen MR) is 154 cm³/mol. The largest absolute Gasteiger partial charge is 0.507 e. The maximum atomic E-state index is 14.0. The lowest BCUT2D eigenvalue weighted by Crippen LogP contribution is -2.28. The van der Waals surface area contributed by atoms with Gasteiger partial charge in [-0.3, -0.25) is 4.79 Å². The van der Waals surface area contributed by atoms with E-state index < -0.39 is 11.8 Å². The highest BCUT2D eigenvalue weighted by Crippen LogP contribution is 2.38. The summed E-state index contributed by atoms with van der Waals surface area (Å²) >= 11 is 3.32. The zero-order valence-corrected chi connectivity index (χ0v) is 23.4. The number of phenols is 1. The van der Waals surface area contributed by atoms with Crippen molar-refractivity contribution in [3.05, 3.63) is 81.3 Å². The second kappa shape index (κ2) is 14.2. The lowest BCUT2D eigenvalue weighted by Gasteiger charge is -2.27. The van der Waals surface area contributed by atoms with Crippen molar-refractivity contribution in [3.63, 3.8) is 0 Å². The van der Waals surface area contributed by atoms with Gasteiger partial charge in [-0.05, 0) is 54.6 Å². The van der Waals surface area contributed by atoms with Crippen molar-refractivity contribution in [2.45, 2.75) is 12.8 Å². The van der Waals surface area contributed by atoms with Crippen LogP contribution in [0.3, 0.4) is 0 Å². The lowest BCUT2D eigenvalue weighted by atomic mass is 9.96. The number of amidine groups is 1. The summed E-state index contributed by atoms with van der Waals surface area (Å²) in [5, 5.41) is 49.9. The van der Waals surface area contributed by atoms with Crippen LogP contribution in [0.15, 0.2) is 74.4 Å². The number of carbonyl (C=O) groups is 2. The second-order valence-electron chi connectivity index (χ2n) is 8.34. The van der Waals surface area contributed by atoms with Gasteiger partial charge in [0.05, 0.1) is 65.7 Å². The molecule has 0 atom stereocenters. The number of hydrogen-bond donors (Lipinski definition) is 3. The quantitative estimate of drug-likeness (QED) is 0.0651. The highest BCUT2D eigenvalue weighted by atomic mass is 79.9. The van der Waals surface area contributed by atoms with Crippen LogP contribution in [0.5, 0.6) is 11.5 Å². The van der Waals surface area contributed by atoms with Gasteiger partial charge in [0.15, 0.2) is 0 Å². The number of hydrogen-bond acceptors (Lipinski definition) is 10. The third-order valence-electron chi connectivity index (χ3n) is 5.84. The zero-order valence-electron chi connectivity index (χ0n) is 21.8. The molecule has 0 aliphatic heterocycles. The number of benzene rings is 3. The smallest absolute Gasteiger partial charge is 0.335 e. The number of nitrogens with two attached hydrogens (primary N) is 1. The minimum Gasteiger partial charge on any atom is -0.507 e. The first-order chi connectivity index (χ1) is 19.7. The molecule has 0 radical (unpaired) electrons. The average molecular weight is 618 g/mol. The minimum absolute atomic E-state index is 0.0233. The summed E-state index contributed by atoms with van der Waals surface area (Å²) in [6, 6.07) is 17.3. The number of ether oxygens (including phenoxy) is 1. The molecule has 0 unspecified atom stereocenters. The van der Waals surface area contributed by atoms with Gasteiger partial charge in [0.2, 0.25) is 11.6 Å². The Bertz CT molecular complexity index is 1570. The number of halogens is 1. The summed E-state index contributed by atoms with van der Waals surface area (Å²) in [7, 11) is 1.34. The van der Waals surface area contributed by atoms with Crippen LogP contribution in [0, 0.1) is 22.7 Å². The fourth-order valence-electron chi connectivity index (χ4n) is 3.92. The van der Waals surface area contributed by atoms with Crippen molar-refractivity contribution < 1.29 is 24.5 Å². The molecular weight excluding hydrogens is 594 g/mol. The van der Waals surface area contributed by atoms with Crippen molar-refractivity contribution in [3.8, 4) is 23.6 Å². The number of methoxy groups -OCH3 is 1. The predicted octanol–water partition coefficient (Wildman–Crippen LogP) is 5.13. The number of phenolic OH excluding ortho intramolecular Hbond substituents is 1. The molecule has 12 nitrogen and oxygen atoms in total. The molecule has 0 bridgehead atoms. The first kappa shape index (κ1) is 30.3. The molecule has 0 spiro atoms. The third kappa shape index (κ3) is 7.23. The maximum Gasteiger partial charge on any atom is 0.335 e. The number of nitrogens with zero attached hydrogens (tertiary/aromatic N) is 6. The molecule has 3 aromatic rings. The Labute approximate surface area is 243 Å². The van der Waals surface area contributed by atoms with Crippen LogP contribution < -0.4 is 15.5 Å². The molecule has 0 amide bonds. The molecule has 0 saturated carbocycles. The van der Waals surface area contributed by atoms with E-state index in [1.807, 2.05) is 0 Å². The van der Waals surface area contributed by atoms with E-state index in [0.717, 1.165) is 0 Å². The van der Waals surface area contributed by atoms with Crippen LogP contribution in [-0.4, -0.2) is 48.0 Å². The topological polar surface area (TPSA) is 198 Å². The van der Waals surface area contributed by atoms with Crippen molar-refractivity contribution in [1.82, 2.24) is 0 Å². The van der Waals surface area contributed by atoms with Gasteiger partial charge in [-0.15, -0.1) is 10.2 Å². The fourth-order valence-corrected chi connectivity index (χ4v) is 4.28. The van der Waals surface area contributed by atoms with E-state index >= 15 is 0 Å². The summed E-state index contributed by atoms with van der Waals surface area (Å²) in [6.45, 7) is 0.435. The molecular formula is C28H24BrN7O5. The van der Waals surface area contributed by atoms with E-state index in [1.165, 1.54) is 43.5 Å². The molecule has 208 valence electrons. The molecule has 0 aliphatic rings. The van der Waals surface area contributed by atoms with E-state index in [2.05, 4.69) is 43.4 Å². The Hall–Kier alpha value is -5.27. The number of nitriles is 2. The van der Waals surface area contributed by atoms with E-state index in [9.17, 15) is 25.2 Å². The number of hydrazone groups is 1. The molecule has 3 rings (SSSR count). The first-order valence-electron chi connectivity index (χ1n) is 12.0. The van der Waals surface area contributed by atoms with E-state index in [1.54, 1.807) is 23.1 Å². The summed E-state index contributed by atoms with van der Waals surface area (Å²) < 4.78 is 6.24. The summed E-state index contributed by atoms with van der Waals surface area (Å²) in [6.07, 6.45) is 0.241. The third-order valence-corrected chi connectivity index (χ3v) is 6.33. The number of carbonyl (C=O) groups excluding carboxylic acids is 1. The highest BCUT2D eigenvalue weighted by molar-refractivity contribution is 9.10. The number of aromatic carboxylic acids is 1. The van der Waals surface area contributed by atoms with Crippen molar-refractivity contribution in [2.24, 2.45) is 21.2 Å². The van der Waals surface area contributed by atoms with Crippen LogP contribution >= 0.6 is 15.9 Å². The first-order valence-corrected chi connectivity index (χ1v) is 12.8. The Morgan fingerprint density at radius 3 is 2.24 bits per heavy atom. The number of aromatic hydroxyl groups is 1. The molecule has 41 heavy (non-hydrogen) atoms. The van der Waals surface area contributed by atoms with Gasteiger partial charge in [0.1, 0.15) is 11.5 Å². The number of azo groups is 1. The van der Waals surface area contributed by atoms with Crippen LogP contribution in [0.2, 0.25) is 0 Å². The van der Waals surface area contributed by atoms with Crippen molar-refractivity contribution in [1.29, 1.82) is 10.5 Å². The molecule has 3 aromatic carbocycles. The molecule has 4 N–H and O–H groups in total. The fraction of sp³-hybridized carbons (Fsp3) is 0.179. The van der Waals surface area contributed by atoms with Gasteiger partial charge in [0.25, 0.3) is 0 Å². The van der Waals surface area contributed by atoms with E-state index in [0.29, 0.717) is 15.8 Å². The molecule has 0 saturated heterocycles. The van der Waals surface area contributed by atoms with Gasteiger partial charge >= 0.3 is 5.97 Å². The number of carboxylic acids is 1. The Kier molecular flexibility index (Phi) is 10.5. The molecule has 0 fully saturated rings. The highest BCUT2D eigenvalue weighted by Gasteiger charge is 2.28. The molecule has 0 heterocycles. The molecule has 0 aromatic heterocycles. The Balaban J connectivity index is 2.21. The maximum absolute atomic E-state index is 14.0. The average Bonchev–Trinajstić information content (AvgIpc) is 2.98. The van der Waals surface area contributed by atoms with Crippen LogP contribution in [0.4, 0.5) is 11.4 Å². The van der Waals surface area contributed by atoms with Crippen LogP contribution in [0.25, 0.3) is 0 Å². The van der Waals surface area contributed by atoms with Crippen molar-refractivity contribution >= 4 is 44.9 Å². The minimum atomic E-state index is -1.09. The summed E-state index contributed by atoms with van der Waals surface area (Å²) in [5.41, 5.74) is 0.951. The monoisotopic (exact) mass is 617 g/mol. The molecule has 13 heteroatoms. The van der Waals surface area contributed by atoms with Gasteiger partial charge in [-0.25, -0.2) is 4.79 Å². The number of ketones is 1. The number of carboxylic acid groups (broad SMARTS) is 1. The Morgan fingerprint density at radius 1 is 1.02 bits per heavy atom. The van der Waals surface area contributed by atoms with Crippen LogP contribution in [-0.2, 0) is 0 Å². The van der Waals surface area contributed by atoms with E-state index in [-0.39, 0.29) is 65.5 Å². The van der Waals surface area contributed by atoms with Crippen LogP contribution in [0.1, 0.15) is 44.7 Å². The van der Waals surface area contributed by atoms with Gasteiger partial charge in [0, 0.05) is 17.6 Å². The number of rotatable bonds is 11. The number of anilines is 1. The lowest BCUT2D eigenvalue weighted by molar-refractivity contribution is 0.0696. The second-order valence-corrected chi connectivity index (χ2v) is 9.25. The standard InChI is InChI=1S/C28H24BrN7O5/c1-41-26-20(27(33-32)35-34-19-7-4-17(5-8-19)28(39)40)9-10-22(36(14-2-12-30)15-3-13-31)24(26)25(38)21-16-18(29)6-11-23(21)37/h4-11,16,37H,2-3,14-15,32H2,1H3,(H,39,40). The normalized spacial score (nSPS) is 11.1. The van der Waals surface area contributed by atoms with Crippen molar-refractivity contribution in [2.75, 3.05) is 25.1 Å². The SMILES string of the molecule is COc1c(C(N=Nc2ccc(C(=O)O)cc2)=NN)ccc(N(CCC#N)CCC#N)c1C(=O)c1cc(Br)ccc1O. The Morgan fingerprint density at radius 2 is 1.68 bits per heavy atom.